The Hall–Kier alpha value is -2.13. The molecule has 0 saturated heterocycles. The van der Waals surface area contributed by atoms with E-state index in [4.69, 9.17) is 10.5 Å². The second kappa shape index (κ2) is 5.47. The first kappa shape index (κ1) is 14.3. The summed E-state index contributed by atoms with van der Waals surface area (Å²) in [6.07, 6.45) is 1.49. The van der Waals surface area contributed by atoms with Gasteiger partial charge in [-0.2, -0.15) is 5.10 Å². The highest BCUT2D eigenvalue weighted by molar-refractivity contribution is 7.89. The lowest BCUT2D eigenvalue weighted by atomic mass is 10.3. The molecule has 1 aromatic carbocycles. The van der Waals surface area contributed by atoms with E-state index in [0.29, 0.717) is 11.6 Å². The molecule has 0 aliphatic rings. The highest BCUT2D eigenvalue weighted by Crippen LogP contribution is 2.23. The highest BCUT2D eigenvalue weighted by Gasteiger charge is 2.18. The maximum atomic E-state index is 12.1. The van der Waals surface area contributed by atoms with Gasteiger partial charge in [0.1, 0.15) is 17.0 Å². The third-order valence-electron chi connectivity index (χ3n) is 2.57. The van der Waals surface area contributed by atoms with Crippen LogP contribution in [0, 0.1) is 0 Å². The van der Waals surface area contributed by atoms with Gasteiger partial charge in [0.05, 0.1) is 19.3 Å². The maximum absolute atomic E-state index is 12.1. The molecule has 9 heteroatoms. The molecule has 8 nitrogen and oxygen atoms in total. The Bertz CT molecular complexity index is 711. The van der Waals surface area contributed by atoms with E-state index in [-0.39, 0.29) is 17.1 Å². The maximum Gasteiger partial charge on any atom is 0.243 e. The molecule has 0 aliphatic carbocycles. The zero-order valence-corrected chi connectivity index (χ0v) is 11.9. The van der Waals surface area contributed by atoms with Gasteiger partial charge in [-0.3, -0.25) is 4.68 Å². The van der Waals surface area contributed by atoms with E-state index in [1.807, 2.05) is 0 Å². The molecule has 0 bridgehead atoms. The molecule has 108 valence electrons. The van der Waals surface area contributed by atoms with E-state index in [9.17, 15) is 8.42 Å². The quantitative estimate of drug-likeness (QED) is 0.744. The number of aromatic nitrogens is 3. The van der Waals surface area contributed by atoms with Crippen molar-refractivity contribution in [3.8, 4) is 5.75 Å². The van der Waals surface area contributed by atoms with Crippen molar-refractivity contribution in [3.05, 3.63) is 30.4 Å². The van der Waals surface area contributed by atoms with Gasteiger partial charge < -0.3 is 10.5 Å². The predicted molar refractivity (Wildman–Crippen MR) is 72.4 cm³/mol. The van der Waals surface area contributed by atoms with Gasteiger partial charge in [0, 0.05) is 13.1 Å². The van der Waals surface area contributed by atoms with E-state index in [2.05, 4.69) is 14.8 Å². The minimum atomic E-state index is -3.72. The van der Waals surface area contributed by atoms with Crippen LogP contribution in [0.2, 0.25) is 0 Å². The normalized spacial score (nSPS) is 11.5. The zero-order chi connectivity index (χ0) is 14.8. The fourth-order valence-corrected chi connectivity index (χ4v) is 2.69. The van der Waals surface area contributed by atoms with E-state index < -0.39 is 10.0 Å². The van der Waals surface area contributed by atoms with E-state index in [0.717, 1.165) is 0 Å². The van der Waals surface area contributed by atoms with Crippen molar-refractivity contribution in [2.24, 2.45) is 7.05 Å². The Balaban J connectivity index is 2.18. The van der Waals surface area contributed by atoms with Crippen LogP contribution < -0.4 is 15.2 Å². The number of nitrogens with zero attached hydrogens (tertiary/aromatic N) is 3. The minimum Gasteiger partial charge on any atom is -0.497 e. The lowest BCUT2D eigenvalue weighted by Gasteiger charge is -2.09. The molecule has 2 rings (SSSR count). The number of nitrogen functional groups attached to an aromatic ring is 1. The molecule has 1 heterocycles. The van der Waals surface area contributed by atoms with Gasteiger partial charge in [0.15, 0.2) is 5.82 Å². The molecule has 0 fully saturated rings. The molecule has 0 atom stereocenters. The molecule has 0 amide bonds. The second-order valence-corrected chi connectivity index (χ2v) is 5.80. The molecule has 0 spiro atoms. The Morgan fingerprint density at radius 1 is 1.45 bits per heavy atom. The lowest BCUT2D eigenvalue weighted by Crippen LogP contribution is -2.24. The molecule has 2 aromatic rings. The van der Waals surface area contributed by atoms with Gasteiger partial charge >= 0.3 is 0 Å². The zero-order valence-electron chi connectivity index (χ0n) is 11.1. The van der Waals surface area contributed by atoms with E-state index >= 15 is 0 Å². The smallest absolute Gasteiger partial charge is 0.243 e. The summed E-state index contributed by atoms with van der Waals surface area (Å²) in [6.45, 7) is -0.00531. The standard InChI is InChI=1S/C11H15N5O3S/c1-16-7-13-11(15-16)6-14-20(17,18)10-4-3-8(19-2)5-9(10)12/h3-5,7,14H,6,12H2,1-2H3. The number of hydrogen-bond acceptors (Lipinski definition) is 6. The molecule has 0 aliphatic heterocycles. The molecular weight excluding hydrogens is 282 g/mol. The third kappa shape index (κ3) is 3.06. The van der Waals surface area contributed by atoms with Crippen LogP contribution in [0.5, 0.6) is 5.75 Å². The number of anilines is 1. The Morgan fingerprint density at radius 3 is 2.75 bits per heavy atom. The minimum absolute atomic E-state index is 0.00531. The number of hydrogen-bond donors (Lipinski definition) is 2. The number of sulfonamides is 1. The average molecular weight is 297 g/mol. The van der Waals surface area contributed by atoms with Crippen LogP contribution in [0.3, 0.4) is 0 Å². The first-order valence-electron chi connectivity index (χ1n) is 5.70. The summed E-state index contributed by atoms with van der Waals surface area (Å²) in [4.78, 5) is 3.93. The monoisotopic (exact) mass is 297 g/mol. The largest absolute Gasteiger partial charge is 0.497 e. The van der Waals surface area contributed by atoms with Crippen LogP contribution in [0.4, 0.5) is 5.69 Å². The fourth-order valence-electron chi connectivity index (χ4n) is 1.60. The predicted octanol–water partition coefficient (Wildman–Crippen LogP) is -0.116. The SMILES string of the molecule is COc1ccc(S(=O)(=O)NCc2ncn(C)n2)c(N)c1. The molecule has 0 saturated carbocycles. The van der Waals surface area contributed by atoms with Gasteiger partial charge in [-0.25, -0.2) is 18.1 Å². The van der Waals surface area contributed by atoms with Crippen LogP contribution in [0.25, 0.3) is 0 Å². The van der Waals surface area contributed by atoms with Crippen molar-refractivity contribution in [1.29, 1.82) is 0 Å². The van der Waals surface area contributed by atoms with Crippen LogP contribution in [0.1, 0.15) is 5.82 Å². The molecule has 1 aromatic heterocycles. The Morgan fingerprint density at radius 2 is 2.20 bits per heavy atom. The first-order valence-corrected chi connectivity index (χ1v) is 7.18. The van der Waals surface area contributed by atoms with Gasteiger partial charge in [0.2, 0.25) is 10.0 Å². The number of ether oxygens (including phenoxy) is 1. The fraction of sp³-hybridized carbons (Fsp3) is 0.273. The first-order chi connectivity index (χ1) is 9.42. The lowest BCUT2D eigenvalue weighted by molar-refractivity contribution is 0.414. The number of aryl methyl sites for hydroxylation is 1. The molecule has 3 N–H and O–H groups in total. The summed E-state index contributed by atoms with van der Waals surface area (Å²) < 4.78 is 33.1. The van der Waals surface area contributed by atoms with Crippen LogP contribution >= 0.6 is 0 Å². The average Bonchev–Trinajstić information content (AvgIpc) is 2.82. The molecular formula is C11H15N5O3S. The highest BCUT2D eigenvalue weighted by atomic mass is 32.2. The van der Waals surface area contributed by atoms with Crippen LogP contribution in [-0.4, -0.2) is 30.3 Å². The summed E-state index contributed by atoms with van der Waals surface area (Å²) >= 11 is 0. The molecule has 0 unspecified atom stereocenters. The van der Waals surface area contributed by atoms with Crippen molar-refractivity contribution in [1.82, 2.24) is 19.5 Å². The second-order valence-electron chi connectivity index (χ2n) is 4.06. The molecule has 0 radical (unpaired) electrons. The van der Waals surface area contributed by atoms with Gasteiger partial charge in [0.25, 0.3) is 0 Å². The summed E-state index contributed by atoms with van der Waals surface area (Å²) in [5.41, 5.74) is 5.84. The van der Waals surface area contributed by atoms with Crippen LogP contribution in [0.15, 0.2) is 29.4 Å². The summed E-state index contributed by atoms with van der Waals surface area (Å²) in [7, 11) is -0.544. The van der Waals surface area contributed by atoms with Crippen molar-refractivity contribution in [2.45, 2.75) is 11.4 Å². The number of rotatable bonds is 5. The van der Waals surface area contributed by atoms with Gasteiger partial charge in [-0.05, 0) is 12.1 Å². The number of nitrogens with two attached hydrogens (primary N) is 1. The summed E-state index contributed by atoms with van der Waals surface area (Å²) in [6, 6.07) is 4.37. The van der Waals surface area contributed by atoms with Crippen molar-refractivity contribution in [3.63, 3.8) is 0 Å². The number of benzene rings is 1. The Labute approximate surface area is 116 Å². The van der Waals surface area contributed by atoms with E-state index in [1.54, 1.807) is 7.05 Å². The van der Waals surface area contributed by atoms with Crippen LogP contribution in [-0.2, 0) is 23.6 Å². The number of methoxy groups -OCH3 is 1. The van der Waals surface area contributed by atoms with E-state index in [1.165, 1.54) is 36.3 Å². The topological polar surface area (TPSA) is 112 Å². The Kier molecular flexibility index (Phi) is 3.91. The number of nitrogens with one attached hydrogen (secondary N) is 1. The van der Waals surface area contributed by atoms with Crippen molar-refractivity contribution < 1.29 is 13.2 Å². The summed E-state index contributed by atoms with van der Waals surface area (Å²) in [5.74, 6) is 0.871. The van der Waals surface area contributed by atoms with Crippen molar-refractivity contribution >= 4 is 15.7 Å². The third-order valence-corrected chi connectivity index (χ3v) is 4.05. The summed E-state index contributed by atoms with van der Waals surface area (Å²) in [5, 5.41) is 3.98. The molecule has 20 heavy (non-hydrogen) atoms. The van der Waals surface area contributed by atoms with Gasteiger partial charge in [-0.1, -0.05) is 0 Å². The van der Waals surface area contributed by atoms with Gasteiger partial charge in [-0.15, -0.1) is 0 Å². The van der Waals surface area contributed by atoms with Crippen molar-refractivity contribution in [2.75, 3.05) is 12.8 Å².